The van der Waals surface area contributed by atoms with E-state index in [1.807, 2.05) is 0 Å². The molecule has 0 heterocycles. The van der Waals surface area contributed by atoms with Gasteiger partial charge in [-0.05, 0) is 13.1 Å². The average molecular weight is 321 g/mol. The fourth-order valence-electron chi connectivity index (χ4n) is 1.44. The van der Waals surface area contributed by atoms with E-state index in [0.717, 1.165) is 6.07 Å². The van der Waals surface area contributed by atoms with E-state index < -0.39 is 38.0 Å². The van der Waals surface area contributed by atoms with Gasteiger partial charge in [0.2, 0.25) is 10.0 Å². The van der Waals surface area contributed by atoms with Gasteiger partial charge < -0.3 is 10.4 Å². The van der Waals surface area contributed by atoms with E-state index in [4.69, 9.17) is 5.11 Å². The Kier molecular flexibility index (Phi) is 5.16. The molecule has 0 aliphatic carbocycles. The van der Waals surface area contributed by atoms with Gasteiger partial charge in [-0.3, -0.25) is 10.1 Å². The van der Waals surface area contributed by atoms with Crippen molar-refractivity contribution in [3.8, 4) is 0 Å². The average Bonchev–Trinajstić information content (AvgIpc) is 2.39. The normalized spacial score (nSPS) is 11.1. The smallest absolute Gasteiger partial charge is 0.342 e. The summed E-state index contributed by atoms with van der Waals surface area (Å²) in [5, 5.41) is 21.9. The third-order valence-electron chi connectivity index (χ3n) is 2.51. The zero-order valence-corrected chi connectivity index (χ0v) is 11.6. The van der Waals surface area contributed by atoms with E-state index in [1.54, 1.807) is 0 Å². The Morgan fingerprint density at radius 3 is 2.57 bits per heavy atom. The first-order valence-corrected chi connectivity index (χ1v) is 7.19. The number of carboxylic acid groups (broad SMARTS) is 1. The summed E-state index contributed by atoms with van der Waals surface area (Å²) in [6, 6.07) is 1.22. The molecule has 0 aliphatic rings. The molecule has 116 valence electrons. The highest BCUT2D eigenvalue weighted by molar-refractivity contribution is 7.89. The number of benzene rings is 1. The van der Waals surface area contributed by atoms with Crippen LogP contribution in [0.15, 0.2) is 12.1 Å². The van der Waals surface area contributed by atoms with Crippen molar-refractivity contribution >= 4 is 27.4 Å². The Morgan fingerprint density at radius 1 is 1.48 bits per heavy atom. The van der Waals surface area contributed by atoms with Crippen LogP contribution in [0.5, 0.6) is 0 Å². The topological polar surface area (TPSA) is 139 Å². The molecule has 0 saturated heterocycles. The number of hydrogen-bond acceptors (Lipinski definition) is 6. The summed E-state index contributed by atoms with van der Waals surface area (Å²) in [5.41, 5.74) is -1.90. The van der Waals surface area contributed by atoms with Crippen LogP contribution in [0, 0.1) is 15.9 Å². The summed E-state index contributed by atoms with van der Waals surface area (Å²) < 4.78 is 38.0. The molecule has 0 radical (unpaired) electrons. The first-order chi connectivity index (χ1) is 9.68. The second-order valence-corrected chi connectivity index (χ2v) is 5.91. The Balaban J connectivity index is 3.01. The van der Waals surface area contributed by atoms with Crippen molar-refractivity contribution in [1.82, 2.24) is 4.72 Å². The van der Waals surface area contributed by atoms with Crippen LogP contribution in [0.4, 0.5) is 15.8 Å². The molecule has 9 nitrogen and oxygen atoms in total. The highest BCUT2D eigenvalue weighted by Crippen LogP contribution is 2.26. The number of carbonyl (C=O) groups is 1. The Morgan fingerprint density at radius 2 is 2.10 bits per heavy atom. The van der Waals surface area contributed by atoms with Crippen LogP contribution in [0.3, 0.4) is 0 Å². The minimum Gasteiger partial charge on any atom is -0.477 e. The van der Waals surface area contributed by atoms with E-state index >= 15 is 0 Å². The van der Waals surface area contributed by atoms with Crippen molar-refractivity contribution in [2.45, 2.75) is 0 Å². The van der Waals surface area contributed by atoms with E-state index in [-0.39, 0.29) is 18.0 Å². The summed E-state index contributed by atoms with van der Waals surface area (Å²) in [6.07, 6.45) is 0. The SMILES string of the molecule is CNS(=O)(=O)CCNc1cc(C(=O)O)c([N+](=O)[O-])cc1F. The fourth-order valence-corrected chi connectivity index (χ4v) is 2.02. The summed E-state index contributed by atoms with van der Waals surface area (Å²) in [7, 11) is -2.30. The molecule has 0 spiro atoms. The summed E-state index contributed by atoms with van der Waals surface area (Å²) in [4.78, 5) is 20.5. The molecular formula is C10H12FN3O6S. The van der Waals surface area contributed by atoms with Gasteiger partial charge in [0, 0.05) is 6.54 Å². The number of nitro groups is 1. The summed E-state index contributed by atoms with van der Waals surface area (Å²) in [5.74, 6) is -3.01. The van der Waals surface area contributed by atoms with Crippen molar-refractivity contribution in [3.05, 3.63) is 33.6 Å². The molecule has 0 unspecified atom stereocenters. The summed E-state index contributed by atoms with van der Waals surface area (Å²) >= 11 is 0. The minimum atomic E-state index is -3.51. The molecule has 3 N–H and O–H groups in total. The van der Waals surface area contributed by atoms with E-state index in [9.17, 15) is 27.7 Å². The van der Waals surface area contributed by atoms with Gasteiger partial charge in [-0.2, -0.15) is 0 Å². The second kappa shape index (κ2) is 6.45. The molecular weight excluding hydrogens is 309 g/mol. The predicted molar refractivity (Wildman–Crippen MR) is 71.3 cm³/mol. The Hall–Kier alpha value is -2.27. The maximum atomic E-state index is 13.6. The molecule has 1 rings (SSSR count). The van der Waals surface area contributed by atoms with E-state index in [0.29, 0.717) is 6.07 Å². The van der Waals surface area contributed by atoms with Gasteiger partial charge in [-0.25, -0.2) is 22.3 Å². The minimum absolute atomic E-state index is 0.197. The number of sulfonamides is 1. The molecule has 0 fully saturated rings. The van der Waals surface area contributed by atoms with Gasteiger partial charge in [0.05, 0.1) is 22.4 Å². The first kappa shape index (κ1) is 16.8. The quantitative estimate of drug-likeness (QED) is 0.487. The number of nitrogens with zero attached hydrogens (tertiary/aromatic N) is 1. The fraction of sp³-hybridized carbons (Fsp3) is 0.300. The van der Waals surface area contributed by atoms with Crippen LogP contribution in [0.2, 0.25) is 0 Å². The van der Waals surface area contributed by atoms with Crippen LogP contribution in [-0.2, 0) is 10.0 Å². The molecule has 11 heteroatoms. The zero-order valence-electron chi connectivity index (χ0n) is 10.8. The lowest BCUT2D eigenvalue weighted by molar-refractivity contribution is -0.385. The number of carboxylic acids is 1. The van der Waals surface area contributed by atoms with Crippen molar-refractivity contribution in [3.63, 3.8) is 0 Å². The predicted octanol–water partition coefficient (Wildman–Crippen LogP) is 0.393. The van der Waals surface area contributed by atoms with Gasteiger partial charge >= 0.3 is 5.97 Å². The third-order valence-corrected chi connectivity index (χ3v) is 3.87. The van der Waals surface area contributed by atoms with Gasteiger partial charge in [-0.1, -0.05) is 0 Å². The van der Waals surface area contributed by atoms with E-state index in [1.165, 1.54) is 7.05 Å². The Labute approximate surface area is 119 Å². The Bertz CT molecular complexity index is 676. The standard InChI is InChI=1S/C10H12FN3O6S/c1-12-21(19,20)3-2-13-8-4-6(10(15)16)9(14(17)18)5-7(8)11/h4-5,12-13H,2-3H2,1H3,(H,15,16). The highest BCUT2D eigenvalue weighted by atomic mass is 32.2. The maximum absolute atomic E-state index is 13.6. The molecule has 0 aliphatic heterocycles. The number of nitrogens with one attached hydrogen (secondary N) is 2. The number of rotatable bonds is 7. The first-order valence-electron chi connectivity index (χ1n) is 5.54. The zero-order chi connectivity index (χ0) is 16.2. The van der Waals surface area contributed by atoms with Crippen LogP contribution < -0.4 is 10.0 Å². The van der Waals surface area contributed by atoms with Crippen LogP contribution in [0.25, 0.3) is 0 Å². The number of hydrogen-bond donors (Lipinski definition) is 3. The van der Waals surface area contributed by atoms with Gasteiger partial charge in [0.15, 0.2) is 5.82 Å². The lowest BCUT2D eigenvalue weighted by Crippen LogP contribution is -2.26. The van der Waals surface area contributed by atoms with Gasteiger partial charge in [-0.15, -0.1) is 0 Å². The van der Waals surface area contributed by atoms with Crippen LogP contribution >= 0.6 is 0 Å². The van der Waals surface area contributed by atoms with Gasteiger partial charge in [0.25, 0.3) is 5.69 Å². The maximum Gasteiger partial charge on any atom is 0.342 e. The molecule has 21 heavy (non-hydrogen) atoms. The molecule has 0 atom stereocenters. The summed E-state index contributed by atoms with van der Waals surface area (Å²) in [6.45, 7) is -0.197. The molecule has 0 bridgehead atoms. The molecule has 0 saturated carbocycles. The lowest BCUT2D eigenvalue weighted by atomic mass is 10.1. The van der Waals surface area contributed by atoms with Crippen LogP contribution in [-0.4, -0.2) is 43.8 Å². The third kappa shape index (κ3) is 4.36. The van der Waals surface area contributed by atoms with Crippen molar-refractivity contribution in [2.75, 3.05) is 24.7 Å². The van der Waals surface area contributed by atoms with Crippen molar-refractivity contribution in [1.29, 1.82) is 0 Å². The van der Waals surface area contributed by atoms with Crippen molar-refractivity contribution in [2.24, 2.45) is 0 Å². The molecule has 1 aromatic rings. The monoisotopic (exact) mass is 321 g/mol. The van der Waals surface area contributed by atoms with Crippen LogP contribution in [0.1, 0.15) is 10.4 Å². The van der Waals surface area contributed by atoms with Gasteiger partial charge in [0.1, 0.15) is 5.56 Å². The largest absolute Gasteiger partial charge is 0.477 e. The number of nitro benzene ring substituents is 1. The number of aromatic carboxylic acids is 1. The lowest BCUT2D eigenvalue weighted by Gasteiger charge is -2.09. The second-order valence-electron chi connectivity index (χ2n) is 3.86. The van der Waals surface area contributed by atoms with Crippen molar-refractivity contribution < 1.29 is 27.6 Å². The van der Waals surface area contributed by atoms with E-state index in [2.05, 4.69) is 10.0 Å². The molecule has 0 amide bonds. The molecule has 1 aromatic carbocycles. The number of anilines is 1. The highest BCUT2D eigenvalue weighted by Gasteiger charge is 2.23. The molecule has 0 aromatic heterocycles. The number of halogens is 1.